The van der Waals surface area contributed by atoms with Gasteiger partial charge < -0.3 is 4.90 Å². The molecule has 1 aliphatic rings. The lowest BCUT2D eigenvalue weighted by Gasteiger charge is -2.28. The minimum atomic E-state index is -1.07. The average molecular weight is 598 g/mol. The van der Waals surface area contributed by atoms with Crippen LogP contribution in [0.2, 0.25) is 5.02 Å². The monoisotopic (exact) mass is 597 g/mol. The first kappa shape index (κ1) is 27.8. The quantitative estimate of drug-likeness (QED) is 0.188. The summed E-state index contributed by atoms with van der Waals surface area (Å²) in [6.07, 6.45) is 0.169. The minimum absolute atomic E-state index is 0.0983. The Balaban J connectivity index is 1.27. The molecule has 210 valence electrons. The van der Waals surface area contributed by atoms with Crippen molar-refractivity contribution in [2.45, 2.75) is 25.8 Å². The first-order valence-corrected chi connectivity index (χ1v) is 14.6. The number of carbonyl (C=O) groups excluding carboxylic acids is 3. The molecule has 4 aromatic carbocycles. The van der Waals surface area contributed by atoms with Gasteiger partial charge in [-0.2, -0.15) is 0 Å². The van der Waals surface area contributed by atoms with Crippen LogP contribution in [-0.4, -0.2) is 40.2 Å². The number of carbonyl (C=O) groups is 3. The minimum Gasteiger partial charge on any atom is -0.326 e. The average Bonchev–Trinajstić information content (AvgIpc) is 3.53. The maximum absolute atomic E-state index is 14.7. The van der Waals surface area contributed by atoms with E-state index in [0.29, 0.717) is 17.1 Å². The Bertz CT molecular complexity index is 1840. The summed E-state index contributed by atoms with van der Waals surface area (Å²) in [5.74, 6) is -2.30. The van der Waals surface area contributed by atoms with E-state index in [9.17, 15) is 18.8 Å². The van der Waals surface area contributed by atoms with Crippen molar-refractivity contribution in [1.29, 1.82) is 0 Å². The second-order valence-corrected chi connectivity index (χ2v) is 11.6. The zero-order valence-corrected chi connectivity index (χ0v) is 24.2. The van der Waals surface area contributed by atoms with Gasteiger partial charge in [0.25, 0.3) is 11.8 Å². The van der Waals surface area contributed by atoms with Gasteiger partial charge in [0.2, 0.25) is 5.91 Å². The first-order valence-electron chi connectivity index (χ1n) is 13.4. The van der Waals surface area contributed by atoms with Crippen LogP contribution in [0.3, 0.4) is 0 Å². The van der Waals surface area contributed by atoms with Crippen LogP contribution in [0, 0.1) is 12.7 Å². The van der Waals surface area contributed by atoms with Crippen molar-refractivity contribution in [2.75, 3.05) is 11.4 Å². The molecule has 0 bridgehead atoms. The molecule has 1 aliphatic heterocycles. The number of halogens is 2. The molecule has 5 aromatic rings. The van der Waals surface area contributed by atoms with Crippen molar-refractivity contribution in [3.05, 3.63) is 119 Å². The lowest BCUT2D eigenvalue weighted by Crippen LogP contribution is -2.46. The number of amides is 3. The third kappa shape index (κ3) is 5.43. The molecular formula is C33H25ClFN3O3S. The molecule has 9 heteroatoms. The first-order chi connectivity index (χ1) is 20.3. The number of imide groups is 1. The van der Waals surface area contributed by atoms with Crippen LogP contribution in [0.1, 0.15) is 27.9 Å². The van der Waals surface area contributed by atoms with Crippen LogP contribution in [0.25, 0.3) is 20.8 Å². The Hall–Kier alpha value is -4.40. The third-order valence-electron chi connectivity index (χ3n) is 7.31. The van der Waals surface area contributed by atoms with E-state index in [0.717, 1.165) is 36.8 Å². The fourth-order valence-corrected chi connectivity index (χ4v) is 6.45. The largest absolute Gasteiger partial charge is 0.326 e. The summed E-state index contributed by atoms with van der Waals surface area (Å²) in [6.45, 7) is 2.13. The van der Waals surface area contributed by atoms with Gasteiger partial charge in [0.1, 0.15) is 16.9 Å². The smallest absolute Gasteiger partial charge is 0.257 e. The molecule has 0 N–H and O–H groups in total. The highest BCUT2D eigenvalue weighted by Crippen LogP contribution is 2.33. The molecule has 6 rings (SSSR count). The number of aromatic nitrogens is 1. The van der Waals surface area contributed by atoms with Gasteiger partial charge in [-0.15, -0.1) is 11.3 Å². The number of hydrogen-bond acceptors (Lipinski definition) is 5. The van der Waals surface area contributed by atoms with Gasteiger partial charge in [-0.25, -0.2) is 14.3 Å². The van der Waals surface area contributed by atoms with E-state index in [1.165, 1.54) is 23.1 Å². The Labute approximate surface area is 251 Å². The van der Waals surface area contributed by atoms with Crippen molar-refractivity contribution in [1.82, 2.24) is 9.88 Å². The number of benzene rings is 4. The van der Waals surface area contributed by atoms with E-state index in [4.69, 9.17) is 16.6 Å². The fourth-order valence-electron chi connectivity index (χ4n) is 5.17. The molecule has 0 radical (unpaired) electrons. The zero-order chi connectivity index (χ0) is 29.4. The van der Waals surface area contributed by atoms with E-state index >= 15 is 0 Å². The Morgan fingerprint density at radius 3 is 2.57 bits per heavy atom. The number of fused-ring (bicyclic) bond motifs is 1. The molecule has 1 atom stereocenters. The molecule has 6 nitrogen and oxygen atoms in total. The molecule has 1 unspecified atom stereocenters. The maximum atomic E-state index is 14.7. The lowest BCUT2D eigenvalue weighted by atomic mass is 10.1. The Morgan fingerprint density at radius 2 is 1.81 bits per heavy atom. The van der Waals surface area contributed by atoms with Crippen molar-refractivity contribution in [3.8, 4) is 10.6 Å². The van der Waals surface area contributed by atoms with Crippen LogP contribution in [0.5, 0.6) is 0 Å². The van der Waals surface area contributed by atoms with Gasteiger partial charge >= 0.3 is 0 Å². The molecule has 1 fully saturated rings. The van der Waals surface area contributed by atoms with E-state index < -0.39 is 29.6 Å². The third-order valence-corrected chi connectivity index (χ3v) is 8.61. The molecular weight excluding hydrogens is 573 g/mol. The molecule has 0 aliphatic carbocycles. The molecule has 2 heterocycles. The van der Waals surface area contributed by atoms with Gasteiger partial charge in [0.05, 0.1) is 27.9 Å². The van der Waals surface area contributed by atoms with Crippen molar-refractivity contribution in [3.63, 3.8) is 0 Å². The summed E-state index contributed by atoms with van der Waals surface area (Å²) in [5.41, 5.74) is 4.03. The van der Waals surface area contributed by atoms with Crippen LogP contribution >= 0.6 is 22.9 Å². The summed E-state index contributed by atoms with van der Waals surface area (Å²) in [5, 5.41) is 1.38. The van der Waals surface area contributed by atoms with Crippen LogP contribution in [0.15, 0.2) is 91.0 Å². The molecule has 0 saturated carbocycles. The highest BCUT2D eigenvalue weighted by atomic mass is 35.5. The second kappa shape index (κ2) is 11.5. The van der Waals surface area contributed by atoms with Gasteiger partial charge in [-0.3, -0.25) is 14.4 Å². The van der Waals surface area contributed by atoms with E-state index in [-0.39, 0.29) is 18.5 Å². The van der Waals surface area contributed by atoms with Crippen LogP contribution in [0.4, 0.5) is 10.1 Å². The molecule has 42 heavy (non-hydrogen) atoms. The van der Waals surface area contributed by atoms with Gasteiger partial charge in [-0.05, 0) is 85.1 Å². The number of nitrogens with zero attached hydrogens (tertiary/aromatic N) is 3. The predicted molar refractivity (Wildman–Crippen MR) is 163 cm³/mol. The normalized spacial score (nSPS) is 15.0. The van der Waals surface area contributed by atoms with E-state index in [1.807, 2.05) is 37.3 Å². The van der Waals surface area contributed by atoms with Gasteiger partial charge in [-0.1, -0.05) is 41.9 Å². The van der Waals surface area contributed by atoms with Gasteiger partial charge in [0.15, 0.2) is 0 Å². The zero-order valence-electron chi connectivity index (χ0n) is 22.6. The topological polar surface area (TPSA) is 70.6 Å². The van der Waals surface area contributed by atoms with Crippen molar-refractivity contribution < 1.29 is 18.8 Å². The number of hydrogen-bond donors (Lipinski definition) is 0. The standard InChI is InChI=1S/C33H25ClFN3O3S/c1-20-9-14-27-29(17-20)42-31(36-27)22-10-12-24(13-11-22)38-30(39)19-28(33(38)41)37(16-15-21-5-4-6-23(34)18-21)32(40)25-7-2-3-8-26(25)35/h2-14,17-18,28H,15-16,19H2,1H3. The molecule has 3 amide bonds. The summed E-state index contributed by atoms with van der Waals surface area (Å²) in [7, 11) is 0. The molecule has 1 saturated heterocycles. The molecule has 0 spiro atoms. The summed E-state index contributed by atoms with van der Waals surface area (Å²) < 4.78 is 15.7. The lowest BCUT2D eigenvalue weighted by molar-refractivity contribution is -0.122. The number of anilines is 1. The Kier molecular flexibility index (Phi) is 7.58. The van der Waals surface area contributed by atoms with Crippen LogP contribution in [-0.2, 0) is 16.0 Å². The highest BCUT2D eigenvalue weighted by Gasteiger charge is 2.44. The molecule has 1 aromatic heterocycles. The second-order valence-electron chi connectivity index (χ2n) is 10.2. The van der Waals surface area contributed by atoms with Crippen LogP contribution < -0.4 is 4.90 Å². The van der Waals surface area contributed by atoms with Gasteiger partial charge in [0, 0.05) is 17.1 Å². The van der Waals surface area contributed by atoms with Crippen molar-refractivity contribution >= 4 is 56.6 Å². The Morgan fingerprint density at radius 1 is 1.02 bits per heavy atom. The van der Waals surface area contributed by atoms with E-state index in [1.54, 1.807) is 47.7 Å². The highest BCUT2D eigenvalue weighted by molar-refractivity contribution is 7.21. The van der Waals surface area contributed by atoms with E-state index in [2.05, 4.69) is 6.07 Å². The predicted octanol–water partition coefficient (Wildman–Crippen LogP) is 7.08. The fraction of sp³-hybridized carbons (Fsp3) is 0.152. The summed E-state index contributed by atoms with van der Waals surface area (Å²) in [4.78, 5) is 47.7. The summed E-state index contributed by atoms with van der Waals surface area (Å²) in [6, 6.07) is 24.9. The van der Waals surface area contributed by atoms with Crippen molar-refractivity contribution in [2.24, 2.45) is 0 Å². The number of thiazole rings is 1. The summed E-state index contributed by atoms with van der Waals surface area (Å²) >= 11 is 7.71. The SMILES string of the molecule is Cc1ccc2nc(-c3ccc(N4C(=O)CC(N(CCc5cccc(Cl)c5)C(=O)c5ccccc5F)C4=O)cc3)sc2c1. The number of rotatable bonds is 7. The number of aryl methyl sites for hydroxylation is 1. The maximum Gasteiger partial charge on any atom is 0.257 e.